The first-order valence-electron chi connectivity index (χ1n) is 4.22. The zero-order valence-electron chi connectivity index (χ0n) is 8.24. The van der Waals surface area contributed by atoms with E-state index in [1.807, 2.05) is 0 Å². The molecule has 0 aromatic heterocycles. The van der Waals surface area contributed by atoms with Crippen molar-refractivity contribution in [2.45, 2.75) is 0 Å². The van der Waals surface area contributed by atoms with Gasteiger partial charge < -0.3 is 5.11 Å². The van der Waals surface area contributed by atoms with Gasteiger partial charge in [-0.15, -0.1) is 4.91 Å². The minimum absolute atomic E-state index is 0.0153. The van der Waals surface area contributed by atoms with Crippen molar-refractivity contribution < 1.29 is 14.8 Å². The molecule has 0 unspecified atom stereocenters. The molecule has 0 bridgehead atoms. The number of rotatable bonds is 5. The fraction of sp³-hybridized carbons (Fsp3) is 0.125. The van der Waals surface area contributed by atoms with Gasteiger partial charge in [-0.3, -0.25) is 14.9 Å². The van der Waals surface area contributed by atoms with Crippen molar-refractivity contribution in [1.29, 1.82) is 0 Å². The second-order valence-corrected chi connectivity index (χ2v) is 3.33. The Morgan fingerprint density at radius 3 is 2.71 bits per heavy atom. The lowest BCUT2D eigenvalue weighted by molar-refractivity contribution is -0.384. The van der Waals surface area contributed by atoms with Crippen LogP contribution in [0, 0.1) is 15.0 Å². The maximum absolute atomic E-state index is 10.6. The van der Waals surface area contributed by atoms with E-state index in [2.05, 4.69) is 5.29 Å². The predicted molar refractivity (Wildman–Crippen MR) is 58.9 cm³/mol. The number of hydrogen-bond acceptors (Lipinski definition) is 5. The highest BCUT2D eigenvalue weighted by molar-refractivity contribution is 6.32. The summed E-state index contributed by atoms with van der Waals surface area (Å²) in [5.41, 5.74) is -0.443. The van der Waals surface area contributed by atoms with E-state index < -0.39 is 23.1 Å². The largest absolute Gasteiger partial charge is 0.480 e. The number of nitroso groups, excluding NO2 is 1. The summed E-state index contributed by atoms with van der Waals surface area (Å²) >= 11 is 5.56. The molecule has 0 atom stereocenters. The van der Waals surface area contributed by atoms with E-state index >= 15 is 0 Å². The molecule has 0 amide bonds. The summed E-state index contributed by atoms with van der Waals surface area (Å²) in [7, 11) is 0. The lowest BCUT2D eigenvalue weighted by Gasteiger charge is -2.12. The van der Waals surface area contributed by atoms with Crippen molar-refractivity contribution in [3.05, 3.63) is 38.2 Å². The summed E-state index contributed by atoms with van der Waals surface area (Å²) in [6.45, 7) is -0.692. The zero-order chi connectivity index (χ0) is 13.0. The summed E-state index contributed by atoms with van der Waals surface area (Å²) in [5.74, 6) is -1.29. The van der Waals surface area contributed by atoms with Crippen LogP contribution in [0.1, 0.15) is 0 Å². The molecule has 0 aliphatic rings. The van der Waals surface area contributed by atoms with Crippen molar-refractivity contribution in [3.8, 4) is 0 Å². The smallest absolute Gasteiger partial charge is 0.325 e. The summed E-state index contributed by atoms with van der Waals surface area (Å²) in [6.07, 6.45) is 0. The molecule has 0 saturated carbocycles. The van der Waals surface area contributed by atoms with Crippen molar-refractivity contribution in [3.63, 3.8) is 0 Å². The zero-order valence-corrected chi connectivity index (χ0v) is 8.99. The van der Waals surface area contributed by atoms with Crippen LogP contribution in [0.25, 0.3) is 0 Å². The van der Waals surface area contributed by atoms with Gasteiger partial charge in [-0.25, -0.2) is 5.01 Å². The number of aliphatic carboxylic acids is 1. The third-order valence-corrected chi connectivity index (χ3v) is 2.13. The van der Waals surface area contributed by atoms with E-state index in [1.54, 1.807) is 0 Å². The fourth-order valence-corrected chi connectivity index (χ4v) is 1.28. The van der Waals surface area contributed by atoms with Crippen LogP contribution in [0.4, 0.5) is 11.4 Å². The third kappa shape index (κ3) is 3.11. The number of nitro benzene ring substituents is 1. The molecule has 0 saturated heterocycles. The van der Waals surface area contributed by atoms with Crippen LogP contribution >= 0.6 is 11.6 Å². The van der Waals surface area contributed by atoms with Crippen LogP contribution in [-0.2, 0) is 4.79 Å². The summed E-state index contributed by atoms with van der Waals surface area (Å²) < 4.78 is 0. The number of halogens is 1. The molecule has 0 heterocycles. The number of carbonyl (C=O) groups is 1. The number of carboxylic acids is 1. The van der Waals surface area contributed by atoms with Gasteiger partial charge in [0.2, 0.25) is 0 Å². The van der Waals surface area contributed by atoms with Crippen LogP contribution in [0.5, 0.6) is 0 Å². The van der Waals surface area contributed by atoms with E-state index in [0.717, 1.165) is 6.07 Å². The molecule has 0 radical (unpaired) electrons. The molecule has 17 heavy (non-hydrogen) atoms. The topological polar surface area (TPSA) is 113 Å². The van der Waals surface area contributed by atoms with E-state index in [1.165, 1.54) is 12.1 Å². The summed E-state index contributed by atoms with van der Waals surface area (Å²) in [4.78, 5) is 30.7. The number of nitro groups is 1. The van der Waals surface area contributed by atoms with E-state index in [-0.39, 0.29) is 10.7 Å². The monoisotopic (exact) mass is 259 g/mol. The minimum Gasteiger partial charge on any atom is -0.480 e. The molecule has 1 N–H and O–H groups in total. The van der Waals surface area contributed by atoms with Gasteiger partial charge in [0.25, 0.3) is 5.69 Å². The highest BCUT2D eigenvalue weighted by Gasteiger charge is 2.18. The highest BCUT2D eigenvalue weighted by atomic mass is 35.5. The average Bonchev–Trinajstić information content (AvgIpc) is 2.26. The fourth-order valence-electron chi connectivity index (χ4n) is 1.10. The van der Waals surface area contributed by atoms with Gasteiger partial charge in [0.15, 0.2) is 0 Å². The Labute approximate surface area is 99.5 Å². The van der Waals surface area contributed by atoms with Crippen LogP contribution < -0.4 is 5.01 Å². The molecule has 90 valence electrons. The molecule has 8 nitrogen and oxygen atoms in total. The summed E-state index contributed by atoms with van der Waals surface area (Å²) in [5, 5.41) is 22.0. The minimum atomic E-state index is -1.29. The molecular weight excluding hydrogens is 254 g/mol. The first-order valence-corrected chi connectivity index (χ1v) is 4.60. The van der Waals surface area contributed by atoms with Gasteiger partial charge in [0.05, 0.1) is 15.9 Å². The molecular formula is C8H6ClN3O5. The lowest BCUT2D eigenvalue weighted by atomic mass is 10.2. The normalized spacial score (nSPS) is 9.71. The number of benzene rings is 1. The SMILES string of the molecule is O=NN(CC(=O)O)c1ccc(Cl)c([N+](=O)[O-])c1. The van der Waals surface area contributed by atoms with Crippen LogP contribution in [0.3, 0.4) is 0 Å². The maximum atomic E-state index is 10.6. The van der Waals surface area contributed by atoms with E-state index in [0.29, 0.717) is 5.01 Å². The summed E-state index contributed by atoms with van der Waals surface area (Å²) in [6, 6.07) is 3.43. The first kappa shape index (κ1) is 12.8. The molecule has 1 aromatic carbocycles. The molecule has 0 spiro atoms. The van der Waals surface area contributed by atoms with Crippen LogP contribution in [-0.4, -0.2) is 22.5 Å². The first-order chi connectivity index (χ1) is 7.95. The van der Waals surface area contributed by atoms with Crippen molar-refractivity contribution in [1.82, 2.24) is 0 Å². The predicted octanol–water partition coefficient (Wildman–Crippen LogP) is 1.82. The molecule has 1 rings (SSSR count). The van der Waals surface area contributed by atoms with Gasteiger partial charge in [-0.2, -0.15) is 0 Å². The van der Waals surface area contributed by atoms with Gasteiger partial charge >= 0.3 is 5.97 Å². The van der Waals surface area contributed by atoms with Crippen LogP contribution in [0.15, 0.2) is 23.5 Å². The van der Waals surface area contributed by atoms with Gasteiger partial charge in [0.1, 0.15) is 11.6 Å². The quantitative estimate of drug-likeness (QED) is 0.490. The second kappa shape index (κ2) is 5.21. The van der Waals surface area contributed by atoms with Crippen molar-refractivity contribution >= 4 is 28.9 Å². The van der Waals surface area contributed by atoms with Crippen LogP contribution in [0.2, 0.25) is 5.02 Å². The van der Waals surface area contributed by atoms with Gasteiger partial charge in [-0.1, -0.05) is 11.6 Å². The number of carboxylic acid groups (broad SMARTS) is 1. The molecule has 0 aliphatic carbocycles. The Balaban J connectivity index is 3.13. The standard InChI is InChI=1S/C8H6ClN3O5/c9-6-2-1-5(3-7(6)12(16)17)11(10-15)4-8(13)14/h1-3H,4H2,(H,13,14). The Morgan fingerprint density at radius 2 is 2.24 bits per heavy atom. The van der Waals surface area contributed by atoms with E-state index in [4.69, 9.17) is 16.7 Å². The molecule has 0 fully saturated rings. The molecule has 9 heteroatoms. The Bertz CT molecular complexity index is 478. The van der Waals surface area contributed by atoms with Gasteiger partial charge in [0, 0.05) is 6.07 Å². The molecule has 1 aromatic rings. The number of hydrogen-bond donors (Lipinski definition) is 1. The lowest BCUT2D eigenvalue weighted by Crippen LogP contribution is -2.23. The third-order valence-electron chi connectivity index (χ3n) is 1.81. The molecule has 0 aliphatic heterocycles. The average molecular weight is 260 g/mol. The maximum Gasteiger partial charge on any atom is 0.325 e. The number of nitrogens with zero attached hydrogens (tertiary/aromatic N) is 3. The Kier molecular flexibility index (Phi) is 3.94. The van der Waals surface area contributed by atoms with Gasteiger partial charge in [-0.05, 0) is 12.1 Å². The van der Waals surface area contributed by atoms with E-state index in [9.17, 15) is 19.8 Å². The Morgan fingerprint density at radius 1 is 1.59 bits per heavy atom. The van der Waals surface area contributed by atoms with Crippen molar-refractivity contribution in [2.24, 2.45) is 5.29 Å². The van der Waals surface area contributed by atoms with Crippen molar-refractivity contribution in [2.75, 3.05) is 11.6 Å². The highest BCUT2D eigenvalue weighted by Crippen LogP contribution is 2.29. The second-order valence-electron chi connectivity index (χ2n) is 2.93. The number of anilines is 1. The Hall–Kier alpha value is -2.22.